The number of aromatic nitrogens is 2. The number of hydrogen-bond donors (Lipinski definition) is 1. The van der Waals surface area contributed by atoms with Crippen LogP contribution in [-0.4, -0.2) is 21.8 Å². The number of methoxy groups -OCH3 is 1. The smallest absolute Gasteiger partial charge is 0.333 e. The third-order valence-corrected chi connectivity index (χ3v) is 3.20. The van der Waals surface area contributed by atoms with Gasteiger partial charge in [0.25, 0.3) is 0 Å². The lowest BCUT2D eigenvalue weighted by molar-refractivity contribution is -0.384. The van der Waals surface area contributed by atoms with Crippen LogP contribution in [0.1, 0.15) is 18.2 Å². The van der Waals surface area contributed by atoms with Crippen LogP contribution in [0.2, 0.25) is 0 Å². The number of benzene rings is 1. The van der Waals surface area contributed by atoms with E-state index in [1.54, 1.807) is 18.7 Å². The molecule has 0 fully saturated rings. The number of nitro groups is 1. The van der Waals surface area contributed by atoms with Crippen molar-refractivity contribution >= 4 is 11.5 Å². The highest BCUT2D eigenvalue weighted by molar-refractivity contribution is 5.59. The fourth-order valence-electron chi connectivity index (χ4n) is 2.12. The van der Waals surface area contributed by atoms with E-state index in [2.05, 4.69) is 10.4 Å². The molecule has 112 valence electrons. The monoisotopic (exact) mass is 290 g/mol. The lowest BCUT2D eigenvalue weighted by atomic mass is 10.2. The van der Waals surface area contributed by atoms with Gasteiger partial charge in [-0.05, 0) is 31.5 Å². The van der Waals surface area contributed by atoms with E-state index in [0.29, 0.717) is 24.6 Å². The summed E-state index contributed by atoms with van der Waals surface area (Å²) in [6.45, 7) is 4.59. The summed E-state index contributed by atoms with van der Waals surface area (Å²) in [4.78, 5) is 10.8. The minimum absolute atomic E-state index is 0.0327. The van der Waals surface area contributed by atoms with Crippen LogP contribution in [0, 0.1) is 17.0 Å². The van der Waals surface area contributed by atoms with Gasteiger partial charge in [0.2, 0.25) is 5.82 Å². The summed E-state index contributed by atoms with van der Waals surface area (Å²) < 4.78 is 6.71. The molecule has 0 bridgehead atoms. The van der Waals surface area contributed by atoms with Gasteiger partial charge < -0.3 is 10.1 Å². The predicted molar refractivity (Wildman–Crippen MR) is 79.6 cm³/mol. The molecule has 2 aromatic rings. The number of nitrogens with one attached hydrogen (secondary N) is 1. The highest BCUT2D eigenvalue weighted by Gasteiger charge is 2.24. The molecule has 1 aromatic heterocycles. The Balaban J connectivity index is 2.20. The first kappa shape index (κ1) is 14.8. The average Bonchev–Trinajstić information content (AvgIpc) is 2.81. The van der Waals surface area contributed by atoms with E-state index >= 15 is 0 Å². The largest absolute Gasteiger partial charge is 0.497 e. The SMILES string of the molecule is CCn1nc(C)c([N+](=O)[O-])c1NCc1ccc(OC)cc1. The average molecular weight is 290 g/mol. The maximum absolute atomic E-state index is 11.2. The Morgan fingerprint density at radius 2 is 2.05 bits per heavy atom. The molecule has 2 rings (SSSR count). The van der Waals surface area contributed by atoms with Gasteiger partial charge in [0.15, 0.2) is 0 Å². The first-order chi connectivity index (χ1) is 10.1. The van der Waals surface area contributed by atoms with Crippen LogP contribution in [0.25, 0.3) is 0 Å². The first-order valence-electron chi connectivity index (χ1n) is 6.65. The highest BCUT2D eigenvalue weighted by Crippen LogP contribution is 2.28. The van der Waals surface area contributed by atoms with Crippen molar-refractivity contribution in [3.63, 3.8) is 0 Å². The van der Waals surface area contributed by atoms with Crippen molar-refractivity contribution in [1.82, 2.24) is 9.78 Å². The Labute approximate surface area is 122 Å². The third-order valence-electron chi connectivity index (χ3n) is 3.20. The van der Waals surface area contributed by atoms with Crippen LogP contribution in [0.4, 0.5) is 11.5 Å². The normalized spacial score (nSPS) is 10.4. The minimum atomic E-state index is -0.398. The van der Waals surface area contributed by atoms with E-state index in [-0.39, 0.29) is 5.69 Å². The van der Waals surface area contributed by atoms with Crippen molar-refractivity contribution in [1.29, 1.82) is 0 Å². The topological polar surface area (TPSA) is 82.2 Å². The van der Waals surface area contributed by atoms with Crippen LogP contribution in [0.15, 0.2) is 24.3 Å². The lowest BCUT2D eigenvalue weighted by Crippen LogP contribution is -2.08. The van der Waals surface area contributed by atoms with E-state index in [1.165, 1.54) is 0 Å². The summed E-state index contributed by atoms with van der Waals surface area (Å²) in [6, 6.07) is 7.54. The van der Waals surface area contributed by atoms with E-state index < -0.39 is 4.92 Å². The third kappa shape index (κ3) is 3.13. The van der Waals surface area contributed by atoms with Crippen molar-refractivity contribution in [2.45, 2.75) is 26.9 Å². The Hall–Kier alpha value is -2.57. The van der Waals surface area contributed by atoms with Crippen molar-refractivity contribution in [2.24, 2.45) is 0 Å². The van der Waals surface area contributed by atoms with Gasteiger partial charge in [-0.3, -0.25) is 10.1 Å². The molecule has 0 aliphatic rings. The first-order valence-corrected chi connectivity index (χ1v) is 6.65. The molecule has 7 heteroatoms. The van der Waals surface area contributed by atoms with E-state index in [9.17, 15) is 10.1 Å². The molecule has 7 nitrogen and oxygen atoms in total. The van der Waals surface area contributed by atoms with E-state index in [0.717, 1.165) is 11.3 Å². The van der Waals surface area contributed by atoms with Gasteiger partial charge in [-0.15, -0.1) is 0 Å². The Morgan fingerprint density at radius 1 is 1.38 bits per heavy atom. The second kappa shape index (κ2) is 6.25. The molecule has 0 aliphatic heterocycles. The molecule has 21 heavy (non-hydrogen) atoms. The van der Waals surface area contributed by atoms with Gasteiger partial charge in [0, 0.05) is 13.1 Å². The second-order valence-electron chi connectivity index (χ2n) is 4.56. The van der Waals surface area contributed by atoms with Gasteiger partial charge in [0.05, 0.1) is 12.0 Å². The summed E-state index contributed by atoms with van der Waals surface area (Å²) in [5.74, 6) is 1.22. The van der Waals surface area contributed by atoms with Crippen LogP contribution >= 0.6 is 0 Å². The Kier molecular flexibility index (Phi) is 4.42. The van der Waals surface area contributed by atoms with Crippen LogP contribution in [0.5, 0.6) is 5.75 Å². The van der Waals surface area contributed by atoms with Crippen molar-refractivity contribution in [3.8, 4) is 5.75 Å². The summed E-state index contributed by atoms with van der Waals surface area (Å²) in [6.07, 6.45) is 0. The van der Waals surface area contributed by atoms with Crippen molar-refractivity contribution in [3.05, 3.63) is 45.6 Å². The van der Waals surface area contributed by atoms with Crippen LogP contribution in [0.3, 0.4) is 0 Å². The number of aryl methyl sites for hydroxylation is 2. The van der Waals surface area contributed by atoms with E-state index in [4.69, 9.17) is 4.74 Å². The molecule has 0 saturated carbocycles. The highest BCUT2D eigenvalue weighted by atomic mass is 16.6. The minimum Gasteiger partial charge on any atom is -0.497 e. The van der Waals surface area contributed by atoms with Crippen LogP contribution < -0.4 is 10.1 Å². The fraction of sp³-hybridized carbons (Fsp3) is 0.357. The number of anilines is 1. The van der Waals surface area contributed by atoms with Crippen molar-refractivity contribution in [2.75, 3.05) is 12.4 Å². The zero-order valence-corrected chi connectivity index (χ0v) is 12.3. The standard InChI is InChI=1S/C14H18N4O3/c1-4-17-14(13(18(19)20)10(2)16-17)15-9-11-5-7-12(21-3)8-6-11/h5-8,15H,4,9H2,1-3H3. The molecule has 0 saturated heterocycles. The molecule has 1 N–H and O–H groups in total. The van der Waals surface area contributed by atoms with Gasteiger partial charge in [-0.1, -0.05) is 12.1 Å². The predicted octanol–water partition coefficient (Wildman–Crippen LogP) is 2.74. The molecular weight excluding hydrogens is 272 g/mol. The molecule has 1 aromatic carbocycles. The molecule has 0 radical (unpaired) electrons. The number of hydrogen-bond acceptors (Lipinski definition) is 5. The zero-order valence-electron chi connectivity index (χ0n) is 12.3. The Bertz CT molecular complexity index is 634. The summed E-state index contributed by atoms with van der Waals surface area (Å²) in [5, 5.41) is 18.5. The summed E-state index contributed by atoms with van der Waals surface area (Å²) in [5.41, 5.74) is 1.45. The molecular formula is C14H18N4O3. The van der Waals surface area contributed by atoms with Gasteiger partial charge >= 0.3 is 5.69 Å². The molecule has 0 spiro atoms. The lowest BCUT2D eigenvalue weighted by Gasteiger charge is -2.08. The number of rotatable bonds is 6. The van der Waals surface area contributed by atoms with Gasteiger partial charge in [0.1, 0.15) is 11.4 Å². The van der Waals surface area contributed by atoms with Gasteiger partial charge in [-0.25, -0.2) is 4.68 Å². The second-order valence-corrected chi connectivity index (χ2v) is 4.56. The van der Waals surface area contributed by atoms with Crippen molar-refractivity contribution < 1.29 is 9.66 Å². The molecule has 0 atom stereocenters. The molecule has 0 unspecified atom stereocenters. The molecule has 0 amide bonds. The summed E-state index contributed by atoms with van der Waals surface area (Å²) >= 11 is 0. The zero-order chi connectivity index (χ0) is 15.4. The number of nitrogens with zero attached hydrogens (tertiary/aromatic N) is 3. The molecule has 1 heterocycles. The summed E-state index contributed by atoms with van der Waals surface area (Å²) in [7, 11) is 1.61. The van der Waals surface area contributed by atoms with Crippen LogP contribution in [-0.2, 0) is 13.1 Å². The fourth-order valence-corrected chi connectivity index (χ4v) is 2.12. The maximum Gasteiger partial charge on any atom is 0.333 e. The maximum atomic E-state index is 11.2. The quantitative estimate of drug-likeness (QED) is 0.653. The van der Waals surface area contributed by atoms with E-state index in [1.807, 2.05) is 31.2 Å². The molecule has 0 aliphatic carbocycles. The number of ether oxygens (including phenoxy) is 1. The van der Waals surface area contributed by atoms with Gasteiger partial charge in [-0.2, -0.15) is 5.10 Å². The Morgan fingerprint density at radius 3 is 2.57 bits per heavy atom.